The van der Waals surface area contributed by atoms with E-state index in [0.717, 1.165) is 45.4 Å². The maximum absolute atomic E-state index is 13.7. The molecule has 1 aromatic rings. The molecule has 4 fully saturated rings. The maximum atomic E-state index is 13.7. The van der Waals surface area contributed by atoms with Crippen molar-refractivity contribution in [2.24, 2.45) is 5.92 Å². The summed E-state index contributed by atoms with van der Waals surface area (Å²) in [5.41, 5.74) is 0. The molecule has 180 valence electrons. The molecule has 0 radical (unpaired) electrons. The van der Waals surface area contributed by atoms with Crippen molar-refractivity contribution >= 4 is 5.95 Å². The zero-order valence-electron chi connectivity index (χ0n) is 19.0. The molecule has 0 amide bonds. The Labute approximate surface area is 189 Å². The lowest BCUT2D eigenvalue weighted by Gasteiger charge is -2.44. The first-order valence-corrected chi connectivity index (χ1v) is 12.5. The van der Waals surface area contributed by atoms with Gasteiger partial charge in [0.15, 0.2) is 0 Å². The Balaban J connectivity index is 1.09. The number of anilines is 1. The van der Waals surface area contributed by atoms with Crippen LogP contribution in [0.3, 0.4) is 0 Å². The number of piperidine rings is 1. The van der Waals surface area contributed by atoms with Crippen LogP contribution in [-0.4, -0.2) is 82.6 Å². The van der Waals surface area contributed by atoms with Gasteiger partial charge in [0.05, 0.1) is 37.5 Å². The molecule has 0 aromatic carbocycles. The van der Waals surface area contributed by atoms with E-state index in [0.29, 0.717) is 49.0 Å². The fraction of sp³-hybridized carbons (Fsp3) is 0.913. The summed E-state index contributed by atoms with van der Waals surface area (Å²) in [7, 11) is 0. The van der Waals surface area contributed by atoms with Gasteiger partial charge in [-0.25, -0.2) is 18.4 Å². The number of nitrogens with zero attached hydrogens (tertiary/aromatic N) is 4. The van der Waals surface area contributed by atoms with Crippen LogP contribution in [0, 0.1) is 5.92 Å². The zero-order valence-corrected chi connectivity index (χ0v) is 19.0. The number of alkyl halides is 2. The number of aromatic nitrogens is 3. The monoisotopic (exact) mass is 453 g/mol. The minimum absolute atomic E-state index is 0.00733. The summed E-state index contributed by atoms with van der Waals surface area (Å²) in [6.07, 6.45) is 6.07. The number of halogens is 2. The summed E-state index contributed by atoms with van der Waals surface area (Å²) in [4.78, 5) is 6.90. The largest absolute Gasteiger partial charge is 0.378 e. The number of nitrogens with one attached hydrogen (secondary N) is 1. The van der Waals surface area contributed by atoms with Crippen LogP contribution in [0.15, 0.2) is 6.33 Å². The van der Waals surface area contributed by atoms with Crippen LogP contribution < -0.4 is 5.32 Å². The molecule has 32 heavy (non-hydrogen) atoms. The first-order chi connectivity index (χ1) is 15.5. The summed E-state index contributed by atoms with van der Waals surface area (Å²) in [6.45, 7) is 6.20. The molecule has 6 atom stereocenters. The highest BCUT2D eigenvalue weighted by atomic mass is 19.1. The van der Waals surface area contributed by atoms with E-state index in [1.54, 1.807) is 11.0 Å². The van der Waals surface area contributed by atoms with E-state index < -0.39 is 12.3 Å². The predicted molar refractivity (Wildman–Crippen MR) is 117 cm³/mol. The van der Waals surface area contributed by atoms with Crippen molar-refractivity contribution < 1.29 is 18.3 Å². The highest BCUT2D eigenvalue weighted by molar-refractivity contribution is 5.23. The van der Waals surface area contributed by atoms with Crippen molar-refractivity contribution in [2.45, 2.75) is 101 Å². The van der Waals surface area contributed by atoms with Gasteiger partial charge in [-0.2, -0.15) is 0 Å². The van der Waals surface area contributed by atoms with E-state index >= 15 is 0 Å². The second-order valence-corrected chi connectivity index (χ2v) is 10.4. The predicted octanol–water partition coefficient (Wildman–Crippen LogP) is 3.53. The lowest BCUT2D eigenvalue weighted by Crippen LogP contribution is -2.54. The topological polar surface area (TPSA) is 64.4 Å². The first kappa shape index (κ1) is 22.5. The van der Waals surface area contributed by atoms with Crippen molar-refractivity contribution in [3.8, 4) is 0 Å². The van der Waals surface area contributed by atoms with Gasteiger partial charge in [0.25, 0.3) is 0 Å². The minimum atomic E-state index is -1.10. The Hall–Kier alpha value is -1.32. The van der Waals surface area contributed by atoms with Crippen LogP contribution in [0.5, 0.6) is 0 Å². The zero-order chi connectivity index (χ0) is 22.1. The summed E-state index contributed by atoms with van der Waals surface area (Å²) in [5.74, 6) is 1.02. The Kier molecular flexibility index (Phi) is 6.95. The SMILES string of the molecule is CC1CC(Nc2ncn(C3CC(F)CC(F)C3)n2)CCC1OC1CCCN(C2COC2)C1. The Morgan fingerprint density at radius 1 is 1.06 bits per heavy atom. The number of hydrogen-bond acceptors (Lipinski definition) is 6. The second-order valence-electron chi connectivity index (χ2n) is 10.4. The molecule has 9 heteroatoms. The molecule has 2 aliphatic carbocycles. The normalized spacial score (nSPS) is 39.5. The van der Waals surface area contributed by atoms with Crippen LogP contribution in [0.2, 0.25) is 0 Å². The van der Waals surface area contributed by atoms with Crippen molar-refractivity contribution in [2.75, 3.05) is 31.6 Å². The van der Waals surface area contributed by atoms with Crippen molar-refractivity contribution in [3.05, 3.63) is 6.33 Å². The molecule has 1 N–H and O–H groups in total. The molecule has 3 heterocycles. The fourth-order valence-corrected chi connectivity index (χ4v) is 5.86. The highest BCUT2D eigenvalue weighted by Crippen LogP contribution is 2.33. The van der Waals surface area contributed by atoms with E-state index in [1.165, 1.54) is 13.0 Å². The standard InChI is InChI=1S/C23H37F2N5O2/c1-15-7-18(27-23-26-14-30(28-23)19-9-16(24)8-17(25)10-19)4-5-22(15)32-21-3-2-6-29(11-21)20-12-31-13-20/h14-22H,2-13H2,1H3,(H,27,28). The molecule has 0 bridgehead atoms. The van der Waals surface area contributed by atoms with E-state index in [-0.39, 0.29) is 12.5 Å². The molecule has 4 aliphatic rings. The lowest BCUT2D eigenvalue weighted by molar-refractivity contribution is -0.119. The average molecular weight is 454 g/mol. The summed E-state index contributed by atoms with van der Waals surface area (Å²) in [6, 6.07) is 0.637. The first-order valence-electron chi connectivity index (χ1n) is 12.5. The molecule has 1 aromatic heterocycles. The molecule has 5 rings (SSSR count). The molecule has 2 saturated carbocycles. The molecular formula is C23H37F2N5O2. The van der Waals surface area contributed by atoms with E-state index in [9.17, 15) is 8.78 Å². The summed E-state index contributed by atoms with van der Waals surface area (Å²) >= 11 is 0. The van der Waals surface area contributed by atoms with Crippen LogP contribution in [0.4, 0.5) is 14.7 Å². The minimum Gasteiger partial charge on any atom is -0.378 e. The molecule has 0 spiro atoms. The third-order valence-electron chi connectivity index (χ3n) is 7.79. The summed E-state index contributed by atoms with van der Waals surface area (Å²) < 4.78 is 41.1. The maximum Gasteiger partial charge on any atom is 0.242 e. The summed E-state index contributed by atoms with van der Waals surface area (Å²) in [5, 5.41) is 7.93. The van der Waals surface area contributed by atoms with Gasteiger partial charge in [0.1, 0.15) is 18.7 Å². The number of rotatable bonds is 6. The van der Waals surface area contributed by atoms with Gasteiger partial charge in [-0.05, 0) is 44.6 Å². The average Bonchev–Trinajstić information content (AvgIpc) is 3.17. The van der Waals surface area contributed by atoms with Crippen LogP contribution in [0.1, 0.15) is 64.3 Å². The van der Waals surface area contributed by atoms with Crippen LogP contribution >= 0.6 is 0 Å². The smallest absolute Gasteiger partial charge is 0.242 e. The van der Waals surface area contributed by atoms with E-state index in [2.05, 4.69) is 27.2 Å². The van der Waals surface area contributed by atoms with Gasteiger partial charge >= 0.3 is 0 Å². The Bertz CT molecular complexity index is 738. The molecule has 7 nitrogen and oxygen atoms in total. The highest BCUT2D eigenvalue weighted by Gasteiger charge is 2.35. The van der Waals surface area contributed by atoms with Crippen LogP contribution in [0.25, 0.3) is 0 Å². The third kappa shape index (κ3) is 5.25. The molecule has 6 unspecified atom stereocenters. The quantitative estimate of drug-likeness (QED) is 0.711. The second kappa shape index (κ2) is 9.89. The van der Waals surface area contributed by atoms with Gasteiger partial charge in [-0.3, -0.25) is 4.90 Å². The lowest BCUT2D eigenvalue weighted by atomic mass is 9.84. The third-order valence-corrected chi connectivity index (χ3v) is 7.79. The Morgan fingerprint density at radius 2 is 1.88 bits per heavy atom. The number of ether oxygens (including phenoxy) is 2. The van der Waals surface area contributed by atoms with Gasteiger partial charge in [0, 0.05) is 31.8 Å². The van der Waals surface area contributed by atoms with Crippen molar-refractivity contribution in [1.29, 1.82) is 0 Å². The fourth-order valence-electron chi connectivity index (χ4n) is 5.86. The number of likely N-dealkylation sites (tertiary alicyclic amines) is 1. The van der Waals surface area contributed by atoms with Crippen molar-refractivity contribution in [3.63, 3.8) is 0 Å². The van der Waals surface area contributed by atoms with Crippen LogP contribution in [-0.2, 0) is 9.47 Å². The van der Waals surface area contributed by atoms with Gasteiger partial charge < -0.3 is 14.8 Å². The molecular weight excluding hydrogens is 416 g/mol. The van der Waals surface area contributed by atoms with E-state index in [1.807, 2.05) is 0 Å². The number of hydrogen-bond donors (Lipinski definition) is 1. The van der Waals surface area contributed by atoms with Crippen molar-refractivity contribution in [1.82, 2.24) is 19.7 Å². The molecule has 2 aliphatic heterocycles. The molecule has 2 saturated heterocycles. The Morgan fingerprint density at radius 3 is 2.59 bits per heavy atom. The van der Waals surface area contributed by atoms with Gasteiger partial charge in [-0.1, -0.05) is 6.92 Å². The van der Waals surface area contributed by atoms with Gasteiger partial charge in [0.2, 0.25) is 5.95 Å². The van der Waals surface area contributed by atoms with E-state index in [4.69, 9.17) is 9.47 Å². The van der Waals surface area contributed by atoms with Gasteiger partial charge in [-0.15, -0.1) is 5.10 Å².